The van der Waals surface area contributed by atoms with Crippen LogP contribution in [0.2, 0.25) is 5.02 Å². The van der Waals surface area contributed by atoms with Crippen molar-refractivity contribution >= 4 is 34.7 Å². The first-order chi connectivity index (χ1) is 14.8. The van der Waals surface area contributed by atoms with Crippen molar-refractivity contribution in [3.63, 3.8) is 0 Å². The van der Waals surface area contributed by atoms with Gasteiger partial charge in [-0.3, -0.25) is 15.0 Å². The average molecular weight is 462 g/mol. The lowest BCUT2D eigenvalue weighted by Crippen LogP contribution is -2.37. The van der Waals surface area contributed by atoms with Crippen LogP contribution in [0.3, 0.4) is 0 Å². The minimum atomic E-state index is -4.62. The third-order valence-electron chi connectivity index (χ3n) is 4.46. The first-order valence-electron chi connectivity index (χ1n) is 9.29. The van der Waals surface area contributed by atoms with E-state index in [1.54, 1.807) is 0 Å². The maximum absolute atomic E-state index is 12.8. The van der Waals surface area contributed by atoms with E-state index < -0.39 is 22.4 Å². The minimum Gasteiger partial charge on any atom is -0.379 e. The maximum atomic E-state index is 12.8. The molecule has 0 radical (unpaired) electrons. The third-order valence-corrected chi connectivity index (χ3v) is 4.75. The van der Waals surface area contributed by atoms with Crippen molar-refractivity contribution in [2.24, 2.45) is 0 Å². The zero-order valence-electron chi connectivity index (χ0n) is 16.2. The van der Waals surface area contributed by atoms with Gasteiger partial charge in [-0.05, 0) is 19.0 Å². The van der Waals surface area contributed by atoms with Gasteiger partial charge >= 0.3 is 11.9 Å². The first-order valence-corrected chi connectivity index (χ1v) is 9.66. The van der Waals surface area contributed by atoms with E-state index in [2.05, 4.69) is 30.5 Å². The molecule has 0 atom stereocenters. The molecule has 0 saturated carbocycles. The highest BCUT2D eigenvalue weighted by Gasteiger charge is 2.32. The maximum Gasteiger partial charge on any atom is 0.417 e. The molecular formula is C17H19ClF3N7O3. The summed E-state index contributed by atoms with van der Waals surface area (Å²) in [6.07, 6.45) is -2.23. The predicted molar refractivity (Wildman–Crippen MR) is 107 cm³/mol. The third kappa shape index (κ3) is 6.12. The summed E-state index contributed by atoms with van der Waals surface area (Å²) in [6, 6.07) is 0.675. The molecule has 10 nitrogen and oxygen atoms in total. The first kappa shape index (κ1) is 22.9. The standard InChI is InChI=1S/C17H19ClF3N7O3/c18-12-8-11(17(19,20)21)9-23-14(12)26-16-13(28(29)30)15(24-10-25-16)22-2-1-3-27-4-6-31-7-5-27/h8-10H,1-7H2,(H2,22,23,24,25,26). The van der Waals surface area contributed by atoms with E-state index in [1.165, 1.54) is 0 Å². The lowest BCUT2D eigenvalue weighted by molar-refractivity contribution is -0.383. The summed E-state index contributed by atoms with van der Waals surface area (Å²) < 4.78 is 43.6. The second kappa shape index (κ2) is 10.0. The van der Waals surface area contributed by atoms with Crippen LogP contribution in [-0.4, -0.2) is 64.2 Å². The van der Waals surface area contributed by atoms with Gasteiger partial charge in [-0.15, -0.1) is 0 Å². The van der Waals surface area contributed by atoms with Gasteiger partial charge in [-0.25, -0.2) is 15.0 Å². The Morgan fingerprint density at radius 3 is 2.55 bits per heavy atom. The molecule has 3 heterocycles. The normalized spacial score (nSPS) is 15.0. The number of hydrogen-bond donors (Lipinski definition) is 2. The molecular weight excluding hydrogens is 443 g/mol. The fraction of sp³-hybridized carbons (Fsp3) is 0.471. The number of ether oxygens (including phenoxy) is 1. The molecule has 0 spiro atoms. The molecule has 2 aromatic rings. The number of nitrogens with zero attached hydrogens (tertiary/aromatic N) is 5. The van der Waals surface area contributed by atoms with Crippen molar-refractivity contribution in [3.8, 4) is 0 Å². The molecule has 1 aliphatic heterocycles. The van der Waals surface area contributed by atoms with E-state index in [1.807, 2.05) is 0 Å². The van der Waals surface area contributed by atoms with E-state index in [-0.39, 0.29) is 22.5 Å². The number of hydrogen-bond acceptors (Lipinski definition) is 9. The van der Waals surface area contributed by atoms with Crippen LogP contribution in [0.4, 0.5) is 36.3 Å². The van der Waals surface area contributed by atoms with Crippen LogP contribution in [-0.2, 0) is 10.9 Å². The van der Waals surface area contributed by atoms with Gasteiger partial charge in [0.2, 0.25) is 11.6 Å². The van der Waals surface area contributed by atoms with Gasteiger partial charge in [-0.2, -0.15) is 13.2 Å². The monoisotopic (exact) mass is 461 g/mol. The Bertz CT molecular complexity index is 926. The average Bonchev–Trinajstić information content (AvgIpc) is 2.72. The summed E-state index contributed by atoms with van der Waals surface area (Å²) in [5, 5.41) is 16.7. The summed E-state index contributed by atoms with van der Waals surface area (Å²) in [5.41, 5.74) is -1.51. The number of alkyl halides is 3. The number of nitrogens with one attached hydrogen (secondary N) is 2. The van der Waals surface area contributed by atoms with Crippen LogP contribution in [0.25, 0.3) is 0 Å². The molecule has 0 aliphatic carbocycles. The van der Waals surface area contributed by atoms with E-state index in [9.17, 15) is 23.3 Å². The quantitative estimate of drug-likeness (QED) is 0.346. The summed E-state index contributed by atoms with van der Waals surface area (Å²) in [6.45, 7) is 4.26. The highest BCUT2D eigenvalue weighted by Crippen LogP contribution is 2.35. The number of halogens is 4. The Kier molecular flexibility index (Phi) is 7.41. The lowest BCUT2D eigenvalue weighted by atomic mass is 10.2. The SMILES string of the molecule is O=[N+]([O-])c1c(NCCCN2CCOCC2)ncnc1Nc1ncc(C(F)(F)F)cc1Cl. The number of nitro groups is 1. The van der Waals surface area contributed by atoms with Gasteiger partial charge in [-0.1, -0.05) is 11.6 Å². The summed E-state index contributed by atoms with van der Waals surface area (Å²) in [4.78, 5) is 24.5. The fourth-order valence-corrected chi connectivity index (χ4v) is 3.12. The van der Waals surface area contributed by atoms with E-state index >= 15 is 0 Å². The molecule has 2 aromatic heterocycles. The van der Waals surface area contributed by atoms with Crippen molar-refractivity contribution in [2.45, 2.75) is 12.6 Å². The van der Waals surface area contributed by atoms with Gasteiger partial charge in [0.05, 0.1) is 28.7 Å². The second-order valence-electron chi connectivity index (χ2n) is 6.59. The molecule has 1 aliphatic rings. The summed E-state index contributed by atoms with van der Waals surface area (Å²) in [5.74, 6) is -0.466. The number of rotatable bonds is 8. The molecule has 0 unspecified atom stereocenters. The molecule has 31 heavy (non-hydrogen) atoms. The number of pyridine rings is 1. The topological polar surface area (TPSA) is 118 Å². The number of morpholine rings is 1. The van der Waals surface area contributed by atoms with Gasteiger partial charge in [0.1, 0.15) is 6.33 Å². The number of aromatic nitrogens is 3. The van der Waals surface area contributed by atoms with Gasteiger partial charge in [0.25, 0.3) is 0 Å². The molecule has 1 fully saturated rings. The Balaban J connectivity index is 1.70. The van der Waals surface area contributed by atoms with Gasteiger partial charge < -0.3 is 15.4 Å². The highest BCUT2D eigenvalue weighted by molar-refractivity contribution is 6.33. The zero-order valence-corrected chi connectivity index (χ0v) is 16.9. The van der Waals surface area contributed by atoms with E-state index in [0.717, 1.165) is 32.4 Å². The Hall–Kier alpha value is -2.77. The fourth-order valence-electron chi connectivity index (χ4n) is 2.90. The molecule has 2 N–H and O–H groups in total. The van der Waals surface area contributed by atoms with Crippen LogP contribution in [0.15, 0.2) is 18.6 Å². The predicted octanol–water partition coefficient (Wildman–Crippen LogP) is 3.33. The molecule has 3 rings (SSSR count). The molecule has 168 valence electrons. The Morgan fingerprint density at radius 1 is 1.19 bits per heavy atom. The van der Waals surface area contributed by atoms with Crippen molar-refractivity contribution in [1.82, 2.24) is 19.9 Å². The van der Waals surface area contributed by atoms with Crippen LogP contribution in [0.5, 0.6) is 0 Å². The molecule has 0 amide bonds. The minimum absolute atomic E-state index is 0.0208. The van der Waals surface area contributed by atoms with E-state index in [0.29, 0.717) is 32.0 Å². The largest absolute Gasteiger partial charge is 0.417 e. The lowest BCUT2D eigenvalue weighted by Gasteiger charge is -2.26. The van der Waals surface area contributed by atoms with Crippen molar-refractivity contribution in [2.75, 3.05) is 50.0 Å². The Morgan fingerprint density at radius 2 is 1.90 bits per heavy atom. The van der Waals surface area contributed by atoms with Crippen molar-refractivity contribution in [3.05, 3.63) is 39.3 Å². The van der Waals surface area contributed by atoms with Crippen LogP contribution in [0, 0.1) is 10.1 Å². The molecule has 14 heteroatoms. The van der Waals surface area contributed by atoms with Gasteiger partial charge in [0.15, 0.2) is 5.82 Å². The summed E-state index contributed by atoms with van der Waals surface area (Å²) in [7, 11) is 0. The van der Waals surface area contributed by atoms with Crippen LogP contribution >= 0.6 is 11.6 Å². The number of anilines is 3. The van der Waals surface area contributed by atoms with Crippen LogP contribution < -0.4 is 10.6 Å². The van der Waals surface area contributed by atoms with Crippen LogP contribution in [0.1, 0.15) is 12.0 Å². The smallest absolute Gasteiger partial charge is 0.379 e. The summed E-state index contributed by atoms with van der Waals surface area (Å²) >= 11 is 5.87. The zero-order chi connectivity index (χ0) is 22.4. The van der Waals surface area contributed by atoms with E-state index in [4.69, 9.17) is 16.3 Å². The molecule has 0 bridgehead atoms. The highest BCUT2D eigenvalue weighted by atomic mass is 35.5. The Labute approximate surface area is 179 Å². The second-order valence-corrected chi connectivity index (χ2v) is 7.00. The van der Waals surface area contributed by atoms with Gasteiger partial charge in [0, 0.05) is 25.8 Å². The molecule has 1 saturated heterocycles. The molecule has 0 aromatic carbocycles. The van der Waals surface area contributed by atoms with Crippen molar-refractivity contribution in [1.29, 1.82) is 0 Å². The van der Waals surface area contributed by atoms with Crippen molar-refractivity contribution < 1.29 is 22.8 Å².